The van der Waals surface area contributed by atoms with Crippen LogP contribution in [0, 0.1) is 11.6 Å². The van der Waals surface area contributed by atoms with Gasteiger partial charge in [0.15, 0.2) is 5.65 Å². The van der Waals surface area contributed by atoms with E-state index in [1.165, 1.54) is 16.8 Å². The van der Waals surface area contributed by atoms with Crippen molar-refractivity contribution in [2.24, 2.45) is 0 Å². The molecule has 3 heterocycles. The molecule has 1 aliphatic heterocycles. The molecule has 2 aliphatic rings. The molecule has 2 N–H and O–H groups in total. The minimum Gasteiger partial charge on any atom is -0.349 e. The predicted octanol–water partition coefficient (Wildman–Crippen LogP) is 3.58. The summed E-state index contributed by atoms with van der Waals surface area (Å²) >= 11 is 0. The third-order valence-corrected chi connectivity index (χ3v) is 5.50. The van der Waals surface area contributed by atoms with Crippen molar-refractivity contribution in [3.8, 4) is 0 Å². The molecule has 0 unspecified atom stereocenters. The zero-order valence-corrected chi connectivity index (χ0v) is 15.9. The fourth-order valence-electron chi connectivity index (χ4n) is 3.88. The first-order valence-electron chi connectivity index (χ1n) is 9.77. The molecule has 2 aromatic heterocycles. The second-order valence-corrected chi connectivity index (χ2v) is 7.59. The van der Waals surface area contributed by atoms with Crippen LogP contribution in [0.1, 0.15) is 30.9 Å². The number of carbonyl (C=O) groups is 1. The molecule has 2 amide bonds. The van der Waals surface area contributed by atoms with Crippen LogP contribution in [0.4, 0.5) is 29.5 Å². The summed E-state index contributed by atoms with van der Waals surface area (Å²) in [6, 6.07) is 3.89. The molecule has 1 aromatic carbocycles. The average molecular weight is 416 g/mol. The van der Waals surface area contributed by atoms with Crippen LogP contribution < -0.4 is 15.5 Å². The molecular weight excluding hydrogens is 397 g/mol. The number of halogens is 3. The Morgan fingerprint density at radius 1 is 1.23 bits per heavy atom. The molecular formula is C20H19F3N6O. The van der Waals surface area contributed by atoms with Gasteiger partial charge in [-0.3, -0.25) is 0 Å². The van der Waals surface area contributed by atoms with Crippen LogP contribution >= 0.6 is 0 Å². The fraction of sp³-hybridized carbons (Fsp3) is 0.350. The molecule has 0 spiro atoms. The van der Waals surface area contributed by atoms with Gasteiger partial charge in [-0.15, -0.1) is 0 Å². The topological polar surface area (TPSA) is 74.6 Å². The summed E-state index contributed by atoms with van der Waals surface area (Å²) < 4.78 is 42.6. The quantitative estimate of drug-likeness (QED) is 0.682. The van der Waals surface area contributed by atoms with E-state index in [0.29, 0.717) is 42.1 Å². The summed E-state index contributed by atoms with van der Waals surface area (Å²) in [6.07, 6.45) is 3.95. The molecule has 2 fully saturated rings. The Hall–Kier alpha value is -3.30. The lowest BCUT2D eigenvalue weighted by Gasteiger charge is -2.26. The number of nitrogens with zero attached hydrogens (tertiary/aromatic N) is 4. The van der Waals surface area contributed by atoms with Gasteiger partial charge in [0.2, 0.25) is 0 Å². The molecule has 3 aromatic rings. The van der Waals surface area contributed by atoms with Gasteiger partial charge in [-0.25, -0.2) is 27.5 Å². The number of hydrogen-bond acceptors (Lipinski definition) is 4. The number of aromatic nitrogens is 3. The van der Waals surface area contributed by atoms with Crippen molar-refractivity contribution in [3.05, 3.63) is 53.9 Å². The molecule has 0 radical (unpaired) electrons. The average Bonchev–Trinajstić information content (AvgIpc) is 3.11. The maximum Gasteiger partial charge on any atom is 0.319 e. The Labute approximate surface area is 169 Å². The first-order valence-corrected chi connectivity index (χ1v) is 9.77. The minimum atomic E-state index is -1.00. The largest absolute Gasteiger partial charge is 0.349 e. The van der Waals surface area contributed by atoms with Crippen LogP contribution in [0.5, 0.6) is 0 Å². The number of carbonyl (C=O) groups excluding carboxylic acids is 1. The molecule has 1 saturated heterocycles. The van der Waals surface area contributed by atoms with Gasteiger partial charge in [-0.1, -0.05) is 0 Å². The lowest BCUT2D eigenvalue weighted by molar-refractivity contribution is 0.250. The molecule has 0 bridgehead atoms. The van der Waals surface area contributed by atoms with Crippen molar-refractivity contribution in [1.82, 2.24) is 19.9 Å². The molecule has 1 aliphatic carbocycles. The first kappa shape index (κ1) is 18.7. The van der Waals surface area contributed by atoms with E-state index < -0.39 is 29.9 Å². The first-order chi connectivity index (χ1) is 14.5. The highest BCUT2D eigenvalue weighted by Gasteiger charge is 2.38. The van der Waals surface area contributed by atoms with Crippen molar-refractivity contribution in [1.29, 1.82) is 0 Å². The summed E-state index contributed by atoms with van der Waals surface area (Å²) in [4.78, 5) is 18.6. The van der Waals surface area contributed by atoms with Gasteiger partial charge >= 0.3 is 6.03 Å². The van der Waals surface area contributed by atoms with E-state index in [1.54, 1.807) is 12.3 Å². The van der Waals surface area contributed by atoms with Crippen molar-refractivity contribution in [2.75, 3.05) is 16.8 Å². The van der Waals surface area contributed by atoms with Crippen LogP contribution in [0.2, 0.25) is 0 Å². The third kappa shape index (κ3) is 3.42. The number of benzene rings is 1. The van der Waals surface area contributed by atoms with Gasteiger partial charge in [-0.05, 0) is 37.1 Å². The molecule has 156 valence electrons. The third-order valence-electron chi connectivity index (χ3n) is 5.50. The van der Waals surface area contributed by atoms with Crippen molar-refractivity contribution in [2.45, 2.75) is 37.5 Å². The van der Waals surface area contributed by atoms with Crippen LogP contribution in [-0.2, 0) is 0 Å². The van der Waals surface area contributed by atoms with E-state index in [9.17, 15) is 18.0 Å². The zero-order valence-electron chi connectivity index (χ0n) is 15.9. The summed E-state index contributed by atoms with van der Waals surface area (Å²) in [5.74, 6) is -0.367. The molecule has 1 saturated carbocycles. The van der Waals surface area contributed by atoms with E-state index in [1.807, 2.05) is 4.90 Å². The van der Waals surface area contributed by atoms with E-state index in [-0.39, 0.29) is 6.04 Å². The molecule has 3 atom stereocenters. The van der Waals surface area contributed by atoms with E-state index in [4.69, 9.17) is 0 Å². The van der Waals surface area contributed by atoms with Crippen LogP contribution in [-0.4, -0.2) is 39.4 Å². The molecule has 5 rings (SSSR count). The van der Waals surface area contributed by atoms with Gasteiger partial charge in [0.05, 0.1) is 18.3 Å². The summed E-state index contributed by atoms with van der Waals surface area (Å²) in [5.41, 5.74) is 1.07. The molecule has 10 heteroatoms. The van der Waals surface area contributed by atoms with Gasteiger partial charge in [0, 0.05) is 24.7 Å². The van der Waals surface area contributed by atoms with Crippen LogP contribution in [0.3, 0.4) is 0 Å². The maximum atomic E-state index is 14.3. The lowest BCUT2D eigenvalue weighted by Crippen LogP contribution is -2.31. The fourth-order valence-corrected chi connectivity index (χ4v) is 3.88. The highest BCUT2D eigenvalue weighted by Crippen LogP contribution is 2.37. The number of fused-ring (bicyclic) bond motifs is 1. The smallest absolute Gasteiger partial charge is 0.319 e. The highest BCUT2D eigenvalue weighted by molar-refractivity contribution is 5.93. The number of urea groups is 1. The number of anilines is 2. The van der Waals surface area contributed by atoms with Gasteiger partial charge in [0.25, 0.3) is 0 Å². The molecule has 7 nitrogen and oxygen atoms in total. The number of rotatable bonds is 4. The van der Waals surface area contributed by atoms with Crippen LogP contribution in [0.15, 0.2) is 36.7 Å². The second-order valence-electron chi connectivity index (χ2n) is 7.59. The van der Waals surface area contributed by atoms with Crippen LogP contribution in [0.25, 0.3) is 5.65 Å². The minimum absolute atomic E-state index is 0.297. The summed E-state index contributed by atoms with van der Waals surface area (Å²) in [5, 5.41) is 9.34. The van der Waals surface area contributed by atoms with Gasteiger partial charge in [0.1, 0.15) is 29.3 Å². The van der Waals surface area contributed by atoms with E-state index in [0.717, 1.165) is 18.6 Å². The van der Waals surface area contributed by atoms with Gasteiger partial charge in [-0.2, -0.15) is 5.10 Å². The Kier molecular flexibility index (Phi) is 4.48. The molecule has 30 heavy (non-hydrogen) atoms. The van der Waals surface area contributed by atoms with E-state index in [2.05, 4.69) is 20.7 Å². The Morgan fingerprint density at radius 2 is 2.07 bits per heavy atom. The number of alkyl halides is 1. The summed E-state index contributed by atoms with van der Waals surface area (Å²) in [7, 11) is 0. The second kappa shape index (κ2) is 7.19. The summed E-state index contributed by atoms with van der Waals surface area (Å²) in [6.45, 7) is 0.640. The SMILES string of the molecule is O=C(Nc1cnn2ccc(N3CCC[C@@H]3c3cc(F)ccc3F)nc12)N[C@H]1C[C@H]1F. The highest BCUT2D eigenvalue weighted by atomic mass is 19.1. The van der Waals surface area contributed by atoms with Crippen molar-refractivity contribution >= 4 is 23.2 Å². The monoisotopic (exact) mass is 416 g/mol. The Balaban J connectivity index is 1.42. The normalized spacial score (nSPS) is 23.0. The number of amides is 2. The van der Waals surface area contributed by atoms with Crippen molar-refractivity contribution in [3.63, 3.8) is 0 Å². The zero-order chi connectivity index (χ0) is 20.8. The Morgan fingerprint density at radius 3 is 2.87 bits per heavy atom. The maximum absolute atomic E-state index is 14.3. The standard InChI is InChI=1S/C20H19F3N6O/c21-11-3-4-13(22)12(8-11)17-2-1-6-28(17)18-5-7-29-19(27-18)16(10-24-29)26-20(30)25-15-9-14(15)23/h3-5,7-8,10,14-15,17H,1-2,6,9H2,(H2,25,26,30)/t14-,15+,17-/m1/s1. The number of hydrogen-bond donors (Lipinski definition) is 2. The Bertz CT molecular complexity index is 1120. The van der Waals surface area contributed by atoms with E-state index >= 15 is 0 Å². The van der Waals surface area contributed by atoms with Gasteiger partial charge < -0.3 is 15.5 Å². The predicted molar refractivity (Wildman–Crippen MR) is 104 cm³/mol. The number of nitrogens with one attached hydrogen (secondary N) is 2. The van der Waals surface area contributed by atoms with Crippen molar-refractivity contribution < 1.29 is 18.0 Å². The lowest BCUT2D eigenvalue weighted by atomic mass is 10.0.